The molecule has 3 aromatic rings. The molecule has 0 saturated carbocycles. The predicted octanol–water partition coefficient (Wildman–Crippen LogP) is 3.91. The lowest BCUT2D eigenvalue weighted by molar-refractivity contribution is -0.141. The van der Waals surface area contributed by atoms with E-state index in [1.807, 2.05) is 20.8 Å². The fourth-order valence-corrected chi connectivity index (χ4v) is 4.26. The van der Waals surface area contributed by atoms with Gasteiger partial charge in [-0.25, -0.2) is 9.07 Å². The summed E-state index contributed by atoms with van der Waals surface area (Å²) in [5.74, 6) is -0.927. The summed E-state index contributed by atoms with van der Waals surface area (Å²) in [6, 6.07) is 12.0. The number of benzene rings is 2. The topological polar surface area (TPSA) is 121 Å². The lowest BCUT2D eigenvalue weighted by Gasteiger charge is -2.26. The second kappa shape index (κ2) is 13.1. The molecule has 2 amide bonds. The molecule has 0 radical (unpaired) electrons. The van der Waals surface area contributed by atoms with Crippen LogP contribution in [0.2, 0.25) is 0 Å². The standard InChI is InChI=1S/C29H35FN4O6/c1-29(2,3)16-19(14-25(35)31-17-26(36)40-6)32-28(37)21-15-22(27-23(38-4)8-7-9-24(27)39-5)34(33-21)20-12-10-18(30)11-13-20/h7-13,15,19H,14,16-17H2,1-6H3,(H,31,35)(H,32,37)/t19-/m1/s1. The summed E-state index contributed by atoms with van der Waals surface area (Å²) in [6.45, 7) is 5.72. The minimum absolute atomic E-state index is 0.0497. The van der Waals surface area contributed by atoms with E-state index in [2.05, 4.69) is 20.5 Å². The van der Waals surface area contributed by atoms with Gasteiger partial charge in [0.1, 0.15) is 23.9 Å². The normalized spacial score (nSPS) is 11.9. The molecular weight excluding hydrogens is 519 g/mol. The molecule has 0 bridgehead atoms. The summed E-state index contributed by atoms with van der Waals surface area (Å²) in [7, 11) is 4.27. The van der Waals surface area contributed by atoms with E-state index in [-0.39, 0.29) is 24.1 Å². The molecular formula is C29H35FN4O6. The first-order valence-corrected chi connectivity index (χ1v) is 12.7. The molecule has 0 aliphatic heterocycles. The number of methoxy groups -OCH3 is 3. The van der Waals surface area contributed by atoms with E-state index in [1.54, 1.807) is 36.4 Å². The van der Waals surface area contributed by atoms with Crippen LogP contribution < -0.4 is 20.1 Å². The Morgan fingerprint density at radius 3 is 2.17 bits per heavy atom. The number of esters is 1. The highest BCUT2D eigenvalue weighted by Gasteiger charge is 2.27. The molecule has 0 saturated heterocycles. The number of hydrogen-bond acceptors (Lipinski definition) is 7. The Balaban J connectivity index is 2.00. The van der Waals surface area contributed by atoms with Gasteiger partial charge in [-0.2, -0.15) is 5.10 Å². The first-order valence-electron chi connectivity index (χ1n) is 12.7. The van der Waals surface area contributed by atoms with Crippen LogP contribution in [0, 0.1) is 11.2 Å². The van der Waals surface area contributed by atoms with Gasteiger partial charge >= 0.3 is 5.97 Å². The maximum Gasteiger partial charge on any atom is 0.325 e. The number of aromatic nitrogens is 2. The minimum atomic E-state index is -0.574. The Bertz CT molecular complexity index is 1330. The molecule has 10 nitrogen and oxygen atoms in total. The summed E-state index contributed by atoms with van der Waals surface area (Å²) < 4.78 is 30.9. The molecule has 0 aliphatic rings. The summed E-state index contributed by atoms with van der Waals surface area (Å²) in [5.41, 5.74) is 1.40. The van der Waals surface area contributed by atoms with Crippen molar-refractivity contribution in [1.82, 2.24) is 20.4 Å². The third-order valence-electron chi connectivity index (χ3n) is 5.98. The summed E-state index contributed by atoms with van der Waals surface area (Å²) in [6.07, 6.45) is 0.433. The van der Waals surface area contributed by atoms with Crippen LogP contribution >= 0.6 is 0 Å². The first kappa shape index (κ1) is 30.1. The van der Waals surface area contributed by atoms with Gasteiger partial charge in [0.15, 0.2) is 5.69 Å². The number of hydrogen-bond donors (Lipinski definition) is 2. The minimum Gasteiger partial charge on any atom is -0.496 e. The highest BCUT2D eigenvalue weighted by Crippen LogP contribution is 2.39. The zero-order valence-corrected chi connectivity index (χ0v) is 23.5. The van der Waals surface area contributed by atoms with Crippen molar-refractivity contribution >= 4 is 17.8 Å². The highest BCUT2D eigenvalue weighted by molar-refractivity contribution is 5.95. The van der Waals surface area contributed by atoms with E-state index in [9.17, 15) is 18.8 Å². The molecule has 3 rings (SSSR count). The van der Waals surface area contributed by atoms with Gasteiger partial charge in [-0.05, 0) is 54.3 Å². The van der Waals surface area contributed by atoms with Crippen molar-refractivity contribution in [3.8, 4) is 28.4 Å². The summed E-state index contributed by atoms with van der Waals surface area (Å²) in [4.78, 5) is 37.5. The van der Waals surface area contributed by atoms with Gasteiger partial charge in [-0.1, -0.05) is 26.8 Å². The quantitative estimate of drug-likeness (QED) is 0.345. The number of nitrogens with zero attached hydrogens (tertiary/aromatic N) is 2. The van der Waals surface area contributed by atoms with E-state index in [4.69, 9.17) is 9.47 Å². The third kappa shape index (κ3) is 7.81. The summed E-state index contributed by atoms with van der Waals surface area (Å²) >= 11 is 0. The second-order valence-electron chi connectivity index (χ2n) is 10.3. The number of rotatable bonds is 11. The monoisotopic (exact) mass is 554 g/mol. The van der Waals surface area contributed by atoms with Crippen LogP contribution in [0.25, 0.3) is 16.9 Å². The molecule has 1 atom stereocenters. The van der Waals surface area contributed by atoms with Gasteiger partial charge in [0, 0.05) is 12.5 Å². The van der Waals surface area contributed by atoms with Crippen LogP contribution in [-0.4, -0.2) is 61.5 Å². The van der Waals surface area contributed by atoms with Gasteiger partial charge in [0.25, 0.3) is 5.91 Å². The summed E-state index contributed by atoms with van der Waals surface area (Å²) in [5, 5.41) is 9.97. The Labute approximate surface area is 232 Å². The molecule has 1 aromatic heterocycles. The van der Waals surface area contributed by atoms with Crippen molar-refractivity contribution in [3.05, 3.63) is 60.0 Å². The molecule has 2 N–H and O–H groups in total. The van der Waals surface area contributed by atoms with E-state index in [0.717, 1.165) is 0 Å². The van der Waals surface area contributed by atoms with Gasteiger partial charge < -0.3 is 24.8 Å². The van der Waals surface area contributed by atoms with Crippen LogP contribution in [-0.2, 0) is 14.3 Å². The molecule has 214 valence electrons. The maximum absolute atomic E-state index is 13.7. The fraction of sp³-hybridized carbons (Fsp3) is 0.379. The van der Waals surface area contributed by atoms with Crippen molar-refractivity contribution in [2.75, 3.05) is 27.9 Å². The number of ether oxygens (including phenoxy) is 3. The molecule has 11 heteroatoms. The lowest BCUT2D eigenvalue weighted by Crippen LogP contribution is -2.42. The Morgan fingerprint density at radius 1 is 1.00 bits per heavy atom. The molecule has 0 aliphatic carbocycles. The Kier molecular flexibility index (Phi) is 9.87. The fourth-order valence-electron chi connectivity index (χ4n) is 4.26. The van der Waals surface area contributed by atoms with Crippen LogP contribution in [0.4, 0.5) is 4.39 Å². The number of nitrogens with one attached hydrogen (secondary N) is 2. The Hall–Kier alpha value is -4.41. The van der Waals surface area contributed by atoms with Crippen LogP contribution in [0.5, 0.6) is 11.5 Å². The largest absolute Gasteiger partial charge is 0.496 e. The number of carbonyl (C=O) groups excluding carboxylic acids is 3. The first-order chi connectivity index (χ1) is 18.9. The van der Waals surface area contributed by atoms with E-state index >= 15 is 0 Å². The number of carbonyl (C=O) groups is 3. The predicted molar refractivity (Wildman–Crippen MR) is 147 cm³/mol. The van der Waals surface area contributed by atoms with Crippen molar-refractivity contribution in [1.29, 1.82) is 0 Å². The number of amides is 2. The second-order valence-corrected chi connectivity index (χ2v) is 10.3. The van der Waals surface area contributed by atoms with E-state index in [1.165, 1.54) is 38.1 Å². The molecule has 1 heterocycles. The average Bonchev–Trinajstić information content (AvgIpc) is 3.35. The zero-order valence-electron chi connectivity index (χ0n) is 23.5. The van der Waals surface area contributed by atoms with Crippen molar-refractivity contribution in [2.24, 2.45) is 5.41 Å². The van der Waals surface area contributed by atoms with Gasteiger partial charge in [0.2, 0.25) is 5.91 Å². The third-order valence-corrected chi connectivity index (χ3v) is 5.98. The van der Waals surface area contributed by atoms with Crippen molar-refractivity contribution < 1.29 is 33.0 Å². The molecule has 2 aromatic carbocycles. The van der Waals surface area contributed by atoms with Crippen molar-refractivity contribution in [3.63, 3.8) is 0 Å². The van der Waals surface area contributed by atoms with Crippen LogP contribution in [0.15, 0.2) is 48.5 Å². The van der Waals surface area contributed by atoms with Crippen LogP contribution in [0.3, 0.4) is 0 Å². The average molecular weight is 555 g/mol. The highest BCUT2D eigenvalue weighted by atomic mass is 19.1. The van der Waals surface area contributed by atoms with Crippen LogP contribution in [0.1, 0.15) is 44.1 Å². The Morgan fingerprint density at radius 2 is 1.62 bits per heavy atom. The maximum atomic E-state index is 13.7. The van der Waals surface area contributed by atoms with Gasteiger partial charge in [-0.3, -0.25) is 14.4 Å². The van der Waals surface area contributed by atoms with E-state index < -0.39 is 29.6 Å². The smallest absolute Gasteiger partial charge is 0.325 e. The van der Waals surface area contributed by atoms with Gasteiger partial charge in [-0.15, -0.1) is 0 Å². The van der Waals surface area contributed by atoms with E-state index in [0.29, 0.717) is 34.9 Å². The molecule has 0 fully saturated rings. The molecule has 0 spiro atoms. The van der Waals surface area contributed by atoms with Crippen molar-refractivity contribution in [2.45, 2.75) is 39.7 Å². The molecule has 0 unspecified atom stereocenters. The lowest BCUT2D eigenvalue weighted by atomic mass is 9.86. The zero-order chi connectivity index (χ0) is 29.4. The van der Waals surface area contributed by atoms with Gasteiger partial charge in [0.05, 0.1) is 38.3 Å². The number of halogens is 1. The molecule has 40 heavy (non-hydrogen) atoms. The SMILES string of the molecule is COC(=O)CNC(=O)C[C@H](CC(C)(C)C)NC(=O)c1cc(-c2c(OC)cccc2OC)n(-c2ccc(F)cc2)n1.